The van der Waals surface area contributed by atoms with E-state index in [1.165, 1.54) is 17.0 Å². The summed E-state index contributed by atoms with van der Waals surface area (Å²) >= 11 is 5.96. The molecule has 7 nitrogen and oxygen atoms in total. The van der Waals surface area contributed by atoms with Crippen LogP contribution >= 0.6 is 11.6 Å². The zero-order chi connectivity index (χ0) is 23.8. The van der Waals surface area contributed by atoms with E-state index in [4.69, 9.17) is 11.6 Å². The Kier molecular flexibility index (Phi) is 6.31. The molecule has 33 heavy (non-hydrogen) atoms. The van der Waals surface area contributed by atoms with E-state index in [0.29, 0.717) is 23.2 Å². The normalized spacial score (nSPS) is 18.5. The quantitative estimate of drug-likeness (QED) is 0.570. The SMILES string of the molecule is Cc1nnc(C2CC(O)CN2C(=O)Nc2ccc(C(F)(F)F)cc2)n1Cc1ccc(Cl)cc1. The minimum atomic E-state index is -4.46. The first-order valence-electron chi connectivity index (χ1n) is 10.2. The largest absolute Gasteiger partial charge is 0.416 e. The lowest BCUT2D eigenvalue weighted by atomic mass is 10.1. The fraction of sp³-hybridized carbons (Fsp3) is 0.318. The molecule has 1 aliphatic heterocycles. The van der Waals surface area contributed by atoms with Crippen LogP contribution in [0.2, 0.25) is 5.02 Å². The van der Waals surface area contributed by atoms with Gasteiger partial charge in [0.15, 0.2) is 5.82 Å². The number of anilines is 1. The molecular weight excluding hydrogens is 459 g/mol. The molecule has 11 heteroatoms. The van der Waals surface area contributed by atoms with Gasteiger partial charge in [-0.1, -0.05) is 23.7 Å². The van der Waals surface area contributed by atoms with Crippen LogP contribution in [-0.2, 0) is 12.7 Å². The molecule has 2 heterocycles. The highest BCUT2D eigenvalue weighted by atomic mass is 35.5. The third kappa shape index (κ3) is 5.12. The molecule has 0 bridgehead atoms. The zero-order valence-electron chi connectivity index (χ0n) is 17.6. The summed E-state index contributed by atoms with van der Waals surface area (Å²) in [7, 11) is 0. The monoisotopic (exact) mass is 479 g/mol. The van der Waals surface area contributed by atoms with E-state index in [2.05, 4.69) is 15.5 Å². The molecule has 1 saturated heterocycles. The van der Waals surface area contributed by atoms with Gasteiger partial charge in [0.1, 0.15) is 5.82 Å². The van der Waals surface area contributed by atoms with Crippen LogP contribution in [0.4, 0.5) is 23.7 Å². The van der Waals surface area contributed by atoms with Gasteiger partial charge in [0.05, 0.1) is 24.3 Å². The molecule has 2 amide bonds. The van der Waals surface area contributed by atoms with Crippen molar-refractivity contribution in [1.82, 2.24) is 19.7 Å². The van der Waals surface area contributed by atoms with Crippen LogP contribution in [0.25, 0.3) is 0 Å². The number of urea groups is 1. The van der Waals surface area contributed by atoms with Crippen molar-refractivity contribution in [3.63, 3.8) is 0 Å². The zero-order valence-corrected chi connectivity index (χ0v) is 18.3. The Morgan fingerprint density at radius 2 is 1.82 bits per heavy atom. The van der Waals surface area contributed by atoms with Crippen LogP contribution in [0.3, 0.4) is 0 Å². The number of halogens is 4. The van der Waals surface area contributed by atoms with Crippen molar-refractivity contribution in [3.8, 4) is 0 Å². The molecule has 0 radical (unpaired) electrons. The van der Waals surface area contributed by atoms with E-state index in [0.717, 1.165) is 17.7 Å². The van der Waals surface area contributed by atoms with Gasteiger partial charge in [-0.25, -0.2) is 4.79 Å². The number of likely N-dealkylation sites (tertiary alicyclic amines) is 1. The van der Waals surface area contributed by atoms with Gasteiger partial charge in [-0.2, -0.15) is 13.2 Å². The second kappa shape index (κ2) is 9.03. The van der Waals surface area contributed by atoms with Gasteiger partial charge in [0.25, 0.3) is 0 Å². The maximum atomic E-state index is 12.9. The predicted molar refractivity (Wildman–Crippen MR) is 116 cm³/mol. The Labute approximate surface area is 192 Å². The first kappa shape index (κ1) is 23.1. The van der Waals surface area contributed by atoms with E-state index in [-0.39, 0.29) is 18.7 Å². The second-order valence-electron chi connectivity index (χ2n) is 7.88. The lowest BCUT2D eigenvalue weighted by Crippen LogP contribution is -2.36. The number of carbonyl (C=O) groups excluding carboxylic acids is 1. The Hall–Kier alpha value is -3.11. The molecule has 1 fully saturated rings. The van der Waals surface area contributed by atoms with Crippen LogP contribution in [0.1, 0.15) is 35.2 Å². The van der Waals surface area contributed by atoms with Crippen molar-refractivity contribution in [2.24, 2.45) is 0 Å². The summed E-state index contributed by atoms with van der Waals surface area (Å²) in [4.78, 5) is 14.4. The van der Waals surface area contributed by atoms with Gasteiger partial charge in [-0.05, 0) is 48.9 Å². The summed E-state index contributed by atoms with van der Waals surface area (Å²) in [6.45, 7) is 2.31. The second-order valence-corrected chi connectivity index (χ2v) is 8.32. The first-order valence-corrected chi connectivity index (χ1v) is 10.6. The highest BCUT2D eigenvalue weighted by molar-refractivity contribution is 6.30. The number of carbonyl (C=O) groups is 1. The Balaban J connectivity index is 1.54. The van der Waals surface area contributed by atoms with E-state index in [9.17, 15) is 23.1 Å². The lowest BCUT2D eigenvalue weighted by molar-refractivity contribution is -0.137. The van der Waals surface area contributed by atoms with E-state index in [1.807, 2.05) is 16.7 Å². The molecule has 2 aromatic carbocycles. The van der Waals surface area contributed by atoms with Crippen molar-refractivity contribution in [3.05, 3.63) is 76.3 Å². The number of aliphatic hydroxyl groups is 1. The van der Waals surface area contributed by atoms with E-state index < -0.39 is 29.9 Å². The van der Waals surface area contributed by atoms with Crippen molar-refractivity contribution in [2.45, 2.75) is 38.2 Å². The number of hydrogen-bond acceptors (Lipinski definition) is 4. The number of hydrogen-bond donors (Lipinski definition) is 2. The summed E-state index contributed by atoms with van der Waals surface area (Å²) < 4.78 is 40.2. The predicted octanol–water partition coefficient (Wildman–Crippen LogP) is 4.65. The van der Waals surface area contributed by atoms with Gasteiger partial charge in [0.2, 0.25) is 0 Å². The van der Waals surface area contributed by atoms with Crippen molar-refractivity contribution in [1.29, 1.82) is 0 Å². The van der Waals surface area contributed by atoms with Crippen molar-refractivity contribution >= 4 is 23.3 Å². The summed E-state index contributed by atoms with van der Waals surface area (Å²) in [5, 5.41) is 21.9. The minimum absolute atomic E-state index is 0.0595. The third-order valence-electron chi connectivity index (χ3n) is 5.52. The summed E-state index contributed by atoms with van der Waals surface area (Å²) in [5.74, 6) is 1.16. The van der Waals surface area contributed by atoms with Gasteiger partial charge >= 0.3 is 12.2 Å². The molecule has 0 spiro atoms. The topological polar surface area (TPSA) is 83.3 Å². The van der Waals surface area contributed by atoms with Gasteiger partial charge < -0.3 is 19.9 Å². The molecule has 2 unspecified atom stereocenters. The molecule has 3 aromatic rings. The molecule has 1 aliphatic rings. The number of aliphatic hydroxyl groups excluding tert-OH is 1. The number of amides is 2. The third-order valence-corrected chi connectivity index (χ3v) is 5.77. The summed E-state index contributed by atoms with van der Waals surface area (Å²) in [6, 6.07) is 10.4. The highest BCUT2D eigenvalue weighted by Crippen LogP contribution is 2.33. The maximum absolute atomic E-state index is 12.9. The van der Waals surface area contributed by atoms with Crippen LogP contribution in [0.5, 0.6) is 0 Å². The molecule has 4 rings (SSSR count). The molecule has 0 aliphatic carbocycles. The fourth-order valence-corrected chi connectivity index (χ4v) is 3.96. The summed E-state index contributed by atoms with van der Waals surface area (Å²) in [5.41, 5.74) is 0.371. The number of rotatable bonds is 4. The van der Waals surface area contributed by atoms with Crippen LogP contribution < -0.4 is 5.32 Å². The van der Waals surface area contributed by atoms with Gasteiger partial charge in [-0.3, -0.25) is 0 Å². The van der Waals surface area contributed by atoms with E-state index >= 15 is 0 Å². The highest BCUT2D eigenvalue weighted by Gasteiger charge is 2.39. The maximum Gasteiger partial charge on any atom is 0.416 e. The van der Waals surface area contributed by atoms with Crippen molar-refractivity contribution < 1.29 is 23.1 Å². The number of nitrogens with one attached hydrogen (secondary N) is 1. The molecule has 0 saturated carbocycles. The average Bonchev–Trinajstić information content (AvgIpc) is 3.32. The molecule has 2 N–H and O–H groups in total. The minimum Gasteiger partial charge on any atom is -0.391 e. The van der Waals surface area contributed by atoms with Crippen LogP contribution in [0.15, 0.2) is 48.5 Å². The van der Waals surface area contributed by atoms with Crippen LogP contribution in [0, 0.1) is 6.92 Å². The molecular formula is C22H21ClF3N5O2. The smallest absolute Gasteiger partial charge is 0.391 e. The lowest BCUT2D eigenvalue weighted by Gasteiger charge is -2.25. The number of aromatic nitrogens is 3. The Bertz CT molecular complexity index is 1130. The fourth-order valence-electron chi connectivity index (χ4n) is 3.83. The number of alkyl halides is 3. The standard InChI is InChI=1S/C22H21ClF3N5O2/c1-13-28-29-20(30(13)11-14-2-6-16(23)7-3-14)19-10-18(32)12-31(19)21(33)27-17-8-4-15(5-9-17)22(24,25)26/h2-9,18-19,32H,10-12H2,1H3,(H,27,33). The van der Waals surface area contributed by atoms with Crippen LogP contribution in [-0.4, -0.2) is 43.5 Å². The Morgan fingerprint density at radius 3 is 2.45 bits per heavy atom. The van der Waals surface area contributed by atoms with Gasteiger partial charge in [-0.15, -0.1) is 10.2 Å². The number of aryl methyl sites for hydroxylation is 1. The molecule has 174 valence electrons. The molecule has 2 atom stereocenters. The molecule has 1 aromatic heterocycles. The number of benzene rings is 2. The Morgan fingerprint density at radius 1 is 1.15 bits per heavy atom. The average molecular weight is 480 g/mol. The summed E-state index contributed by atoms with van der Waals surface area (Å²) in [6.07, 6.45) is -4.97. The van der Waals surface area contributed by atoms with Gasteiger partial charge in [0, 0.05) is 23.7 Å². The van der Waals surface area contributed by atoms with E-state index in [1.54, 1.807) is 19.1 Å². The van der Waals surface area contributed by atoms with Crippen molar-refractivity contribution in [2.75, 3.05) is 11.9 Å². The number of β-amino-alcohol motifs (C(OH)–C–C–N with tert-alkyl or cyclic N) is 1. The first-order chi connectivity index (χ1) is 15.6. The number of nitrogens with zero attached hydrogens (tertiary/aromatic N) is 4.